The van der Waals surface area contributed by atoms with Crippen LogP contribution in [0.1, 0.15) is 28.8 Å². The first kappa shape index (κ1) is 15.0. The van der Waals surface area contributed by atoms with Gasteiger partial charge in [0.2, 0.25) is 0 Å². The molecule has 3 aromatic carbocycles. The third-order valence-electron chi connectivity index (χ3n) is 4.29. The molecule has 2 nitrogen and oxygen atoms in total. The van der Waals surface area contributed by atoms with Gasteiger partial charge in [-0.15, -0.1) is 0 Å². The Bertz CT molecular complexity index is 842. The summed E-state index contributed by atoms with van der Waals surface area (Å²) in [6, 6.07) is 28.9. The third kappa shape index (κ3) is 2.93. The van der Waals surface area contributed by atoms with Crippen LogP contribution < -0.4 is 5.32 Å². The van der Waals surface area contributed by atoms with Crippen LogP contribution in [0.4, 0.5) is 0 Å². The second kappa shape index (κ2) is 6.50. The molecule has 0 aromatic heterocycles. The first-order valence-electron chi connectivity index (χ1n) is 8.01. The molecule has 0 amide bonds. The first-order chi connectivity index (χ1) is 11.8. The lowest BCUT2D eigenvalue weighted by Gasteiger charge is -2.19. The third-order valence-corrected chi connectivity index (χ3v) is 4.55. The lowest BCUT2D eigenvalue weighted by Crippen LogP contribution is -2.25. The molecule has 0 radical (unpaired) electrons. The molecule has 1 heterocycles. The van der Waals surface area contributed by atoms with E-state index in [1.165, 1.54) is 11.1 Å². The van der Waals surface area contributed by atoms with Crippen LogP contribution in [0.25, 0.3) is 0 Å². The Balaban J connectivity index is 1.74. The van der Waals surface area contributed by atoms with Gasteiger partial charge in [-0.2, -0.15) is 0 Å². The van der Waals surface area contributed by atoms with E-state index >= 15 is 0 Å². The summed E-state index contributed by atoms with van der Waals surface area (Å²) in [7, 11) is 0. The van der Waals surface area contributed by atoms with Gasteiger partial charge >= 0.3 is 0 Å². The molecule has 3 heteroatoms. The summed E-state index contributed by atoms with van der Waals surface area (Å²) in [5.74, 6) is 0.911. The highest BCUT2D eigenvalue weighted by atomic mass is 35.5. The lowest BCUT2D eigenvalue weighted by molar-refractivity contribution is 0.572. The maximum atomic E-state index is 6.01. The number of nitrogens with zero attached hydrogens (tertiary/aromatic N) is 1. The Hall–Kier alpha value is -2.58. The number of rotatable bonds is 3. The Morgan fingerprint density at radius 2 is 1.29 bits per heavy atom. The van der Waals surface area contributed by atoms with Crippen LogP contribution in [0.15, 0.2) is 89.9 Å². The van der Waals surface area contributed by atoms with E-state index in [2.05, 4.69) is 53.8 Å². The highest BCUT2D eigenvalue weighted by Gasteiger charge is 2.31. The normalized spacial score (nSPS) is 19.6. The Labute approximate surface area is 146 Å². The summed E-state index contributed by atoms with van der Waals surface area (Å²) >= 11 is 6.01. The van der Waals surface area contributed by atoms with Crippen LogP contribution in [-0.4, -0.2) is 5.84 Å². The number of hydrogen-bond acceptors (Lipinski definition) is 2. The first-order valence-corrected chi connectivity index (χ1v) is 8.39. The zero-order valence-electron chi connectivity index (χ0n) is 13.1. The van der Waals surface area contributed by atoms with Gasteiger partial charge in [0.25, 0.3) is 0 Å². The summed E-state index contributed by atoms with van der Waals surface area (Å²) in [5, 5.41) is 4.33. The quantitative estimate of drug-likeness (QED) is 0.702. The predicted molar refractivity (Wildman–Crippen MR) is 99.5 cm³/mol. The zero-order chi connectivity index (χ0) is 16.4. The monoisotopic (exact) mass is 332 g/mol. The van der Waals surface area contributed by atoms with E-state index in [4.69, 9.17) is 16.6 Å². The average molecular weight is 333 g/mol. The van der Waals surface area contributed by atoms with Crippen molar-refractivity contribution in [3.63, 3.8) is 0 Å². The number of halogens is 1. The van der Waals surface area contributed by atoms with Gasteiger partial charge in [0.05, 0.1) is 6.04 Å². The largest absolute Gasteiger partial charge is 0.361 e. The number of amidine groups is 1. The fraction of sp³-hybridized carbons (Fsp3) is 0.0952. The van der Waals surface area contributed by atoms with Crippen LogP contribution >= 0.6 is 11.6 Å². The molecule has 0 saturated heterocycles. The van der Waals surface area contributed by atoms with Gasteiger partial charge in [-0.05, 0) is 35.4 Å². The van der Waals surface area contributed by atoms with E-state index in [9.17, 15) is 0 Å². The summed E-state index contributed by atoms with van der Waals surface area (Å²) in [4.78, 5) is 4.98. The van der Waals surface area contributed by atoms with Crippen molar-refractivity contribution in [3.05, 3.63) is 107 Å². The van der Waals surface area contributed by atoms with E-state index in [1.807, 2.05) is 36.4 Å². The second-order valence-corrected chi connectivity index (χ2v) is 6.31. The number of benzene rings is 3. The van der Waals surface area contributed by atoms with E-state index in [0.717, 1.165) is 16.4 Å². The van der Waals surface area contributed by atoms with Gasteiger partial charge in [0.1, 0.15) is 11.9 Å². The van der Waals surface area contributed by atoms with Crippen LogP contribution in [0.3, 0.4) is 0 Å². The fourth-order valence-electron chi connectivity index (χ4n) is 3.09. The van der Waals surface area contributed by atoms with Crippen LogP contribution in [0, 0.1) is 0 Å². The summed E-state index contributed by atoms with van der Waals surface area (Å²) in [6.45, 7) is 0. The molecule has 0 unspecified atom stereocenters. The minimum Gasteiger partial charge on any atom is -0.361 e. The molecule has 3 aromatic rings. The second-order valence-electron chi connectivity index (χ2n) is 5.87. The Morgan fingerprint density at radius 3 is 1.92 bits per heavy atom. The minimum atomic E-state index is 0.0549. The maximum Gasteiger partial charge on any atom is 0.129 e. The maximum absolute atomic E-state index is 6.01. The topological polar surface area (TPSA) is 24.4 Å². The average Bonchev–Trinajstić information content (AvgIpc) is 3.09. The van der Waals surface area contributed by atoms with Crippen molar-refractivity contribution < 1.29 is 0 Å². The molecule has 0 bridgehead atoms. The van der Waals surface area contributed by atoms with Crippen molar-refractivity contribution >= 4 is 17.4 Å². The highest BCUT2D eigenvalue weighted by molar-refractivity contribution is 6.30. The van der Waals surface area contributed by atoms with Gasteiger partial charge < -0.3 is 5.32 Å². The van der Waals surface area contributed by atoms with E-state index in [1.54, 1.807) is 0 Å². The lowest BCUT2D eigenvalue weighted by atomic mass is 9.95. The molecule has 1 aliphatic heterocycles. The summed E-state index contributed by atoms with van der Waals surface area (Å²) in [6.07, 6.45) is 0. The van der Waals surface area contributed by atoms with E-state index in [-0.39, 0.29) is 12.1 Å². The van der Waals surface area contributed by atoms with Crippen molar-refractivity contribution in [2.75, 3.05) is 0 Å². The van der Waals surface area contributed by atoms with Crippen molar-refractivity contribution in [1.29, 1.82) is 0 Å². The van der Waals surface area contributed by atoms with Gasteiger partial charge in [0, 0.05) is 10.6 Å². The molecule has 4 rings (SSSR count). The van der Waals surface area contributed by atoms with Crippen molar-refractivity contribution in [2.45, 2.75) is 12.1 Å². The van der Waals surface area contributed by atoms with Crippen molar-refractivity contribution in [2.24, 2.45) is 4.99 Å². The Kier molecular flexibility index (Phi) is 4.06. The zero-order valence-corrected chi connectivity index (χ0v) is 13.8. The molecular weight excluding hydrogens is 316 g/mol. The predicted octanol–water partition coefficient (Wildman–Crippen LogP) is 5.17. The minimum absolute atomic E-state index is 0.0549. The molecule has 2 atom stereocenters. The molecule has 0 spiro atoms. The smallest absolute Gasteiger partial charge is 0.129 e. The summed E-state index contributed by atoms with van der Waals surface area (Å²) in [5.41, 5.74) is 3.50. The molecular formula is C21H17ClN2. The standard InChI is InChI=1S/C21H17ClN2/c22-18-13-11-17(12-14-18)21-23-19(15-7-3-1-4-8-15)20(24-21)16-9-5-2-6-10-16/h1-14,19-20H,(H,23,24)/t19-,20-/m0/s1. The van der Waals surface area contributed by atoms with Gasteiger partial charge in [0.15, 0.2) is 0 Å². The fourth-order valence-corrected chi connectivity index (χ4v) is 3.21. The SMILES string of the molecule is Clc1ccc(C2=N[C@@H](c3ccccc3)[C@H](c3ccccc3)N2)cc1. The van der Waals surface area contributed by atoms with Crippen LogP contribution in [-0.2, 0) is 0 Å². The number of nitrogens with one attached hydrogen (secondary N) is 1. The number of aliphatic imine (C=N–C) groups is 1. The van der Waals surface area contributed by atoms with Gasteiger partial charge in [-0.1, -0.05) is 72.3 Å². The molecule has 0 aliphatic carbocycles. The summed E-state index contributed by atoms with van der Waals surface area (Å²) < 4.78 is 0. The molecule has 24 heavy (non-hydrogen) atoms. The van der Waals surface area contributed by atoms with Gasteiger partial charge in [-0.25, -0.2) is 0 Å². The van der Waals surface area contributed by atoms with Crippen molar-refractivity contribution in [3.8, 4) is 0 Å². The number of hydrogen-bond donors (Lipinski definition) is 1. The molecule has 118 valence electrons. The van der Waals surface area contributed by atoms with E-state index in [0.29, 0.717) is 0 Å². The van der Waals surface area contributed by atoms with Crippen LogP contribution in [0.5, 0.6) is 0 Å². The molecule has 1 aliphatic rings. The molecule has 0 saturated carbocycles. The van der Waals surface area contributed by atoms with Crippen LogP contribution in [0.2, 0.25) is 5.02 Å². The van der Waals surface area contributed by atoms with Crippen molar-refractivity contribution in [1.82, 2.24) is 5.32 Å². The highest BCUT2D eigenvalue weighted by Crippen LogP contribution is 2.36. The van der Waals surface area contributed by atoms with Gasteiger partial charge in [-0.3, -0.25) is 4.99 Å². The molecule has 0 fully saturated rings. The molecule has 1 N–H and O–H groups in total. The Morgan fingerprint density at radius 1 is 0.708 bits per heavy atom. The van der Waals surface area contributed by atoms with E-state index < -0.39 is 0 Å².